The summed E-state index contributed by atoms with van der Waals surface area (Å²) in [6, 6.07) is 20.1. The van der Waals surface area contributed by atoms with Crippen molar-refractivity contribution >= 4 is 23.4 Å². The van der Waals surface area contributed by atoms with Crippen LogP contribution in [0.5, 0.6) is 5.75 Å². The van der Waals surface area contributed by atoms with Crippen LogP contribution in [0.2, 0.25) is 5.02 Å². The number of ether oxygens (including phenoxy) is 1. The molecule has 3 aromatic rings. The minimum atomic E-state index is -0.526. The van der Waals surface area contributed by atoms with Crippen molar-refractivity contribution in [1.82, 2.24) is 0 Å². The summed E-state index contributed by atoms with van der Waals surface area (Å²) in [7, 11) is 0. The maximum Gasteiger partial charge on any atom is 0.338 e. The molecule has 0 spiro atoms. The summed E-state index contributed by atoms with van der Waals surface area (Å²) in [6.07, 6.45) is 1.06. The fourth-order valence-corrected chi connectivity index (χ4v) is 3.77. The van der Waals surface area contributed by atoms with Crippen molar-refractivity contribution in [1.29, 1.82) is 0 Å². The average molecular weight is 465 g/mol. The van der Waals surface area contributed by atoms with E-state index >= 15 is 0 Å². The van der Waals surface area contributed by atoms with Crippen LogP contribution >= 0.6 is 11.6 Å². The smallest absolute Gasteiger partial charge is 0.338 e. The first kappa shape index (κ1) is 24.5. The van der Waals surface area contributed by atoms with Crippen LogP contribution in [-0.4, -0.2) is 22.5 Å². The molecular formula is C28H29ClO4. The van der Waals surface area contributed by atoms with Gasteiger partial charge in [-0.05, 0) is 80.1 Å². The zero-order valence-electron chi connectivity index (χ0n) is 19.4. The lowest BCUT2D eigenvalue weighted by Crippen LogP contribution is -2.23. The second kappa shape index (κ2) is 10.2. The summed E-state index contributed by atoms with van der Waals surface area (Å²) in [5.74, 6) is -0.392. The molecule has 0 heterocycles. The van der Waals surface area contributed by atoms with E-state index < -0.39 is 5.60 Å². The Bertz CT molecular complexity index is 1130. The number of phenols is 1. The number of hydrogen-bond acceptors (Lipinski definition) is 4. The number of Topliss-reactive ketones (excluding diaryl/α,β-unsaturated/α-hetero) is 1. The molecule has 0 radical (unpaired) electrons. The van der Waals surface area contributed by atoms with Crippen LogP contribution in [0.4, 0.5) is 0 Å². The molecule has 33 heavy (non-hydrogen) atoms. The molecule has 1 unspecified atom stereocenters. The maximum absolute atomic E-state index is 12.6. The quantitative estimate of drug-likeness (QED) is 0.298. The van der Waals surface area contributed by atoms with E-state index in [9.17, 15) is 14.7 Å². The SMILES string of the molecule is CC(CC(=O)c1cc(Cl)ccc1O)Cc1ccc(-c2ccc(C(=O)OC(C)(C)C)cc2)cc1. The van der Waals surface area contributed by atoms with Crippen molar-refractivity contribution in [2.45, 2.75) is 46.1 Å². The summed E-state index contributed by atoms with van der Waals surface area (Å²) >= 11 is 5.96. The van der Waals surface area contributed by atoms with Crippen molar-refractivity contribution in [2.75, 3.05) is 0 Å². The highest BCUT2D eigenvalue weighted by Crippen LogP contribution is 2.26. The van der Waals surface area contributed by atoms with Crippen molar-refractivity contribution in [3.8, 4) is 16.9 Å². The number of esters is 1. The highest BCUT2D eigenvalue weighted by atomic mass is 35.5. The fraction of sp³-hybridized carbons (Fsp3) is 0.286. The number of phenolic OH excluding ortho intramolecular Hbond substituents is 1. The molecular weight excluding hydrogens is 436 g/mol. The van der Waals surface area contributed by atoms with Crippen molar-refractivity contribution in [3.05, 3.63) is 88.4 Å². The monoisotopic (exact) mass is 464 g/mol. The molecule has 0 saturated heterocycles. The maximum atomic E-state index is 12.6. The van der Waals surface area contributed by atoms with Gasteiger partial charge in [0.25, 0.3) is 0 Å². The summed E-state index contributed by atoms with van der Waals surface area (Å²) < 4.78 is 5.41. The Morgan fingerprint density at radius 1 is 0.939 bits per heavy atom. The predicted molar refractivity (Wildman–Crippen MR) is 132 cm³/mol. The Morgan fingerprint density at radius 3 is 2.09 bits per heavy atom. The number of rotatable bonds is 7. The first-order chi connectivity index (χ1) is 15.5. The summed E-state index contributed by atoms with van der Waals surface area (Å²) in [5.41, 5.74) is 3.44. The van der Waals surface area contributed by atoms with E-state index in [4.69, 9.17) is 16.3 Å². The predicted octanol–water partition coefficient (Wildman–Crippen LogP) is 7.12. The topological polar surface area (TPSA) is 63.6 Å². The molecule has 5 heteroatoms. The third kappa shape index (κ3) is 6.93. The number of carbonyl (C=O) groups excluding carboxylic acids is 2. The van der Waals surface area contributed by atoms with Crippen molar-refractivity contribution in [2.24, 2.45) is 5.92 Å². The second-order valence-electron chi connectivity index (χ2n) is 9.37. The molecule has 0 aliphatic carbocycles. The Hall–Kier alpha value is -3.11. The van der Waals surface area contributed by atoms with Crippen LogP contribution in [-0.2, 0) is 11.2 Å². The zero-order valence-corrected chi connectivity index (χ0v) is 20.1. The number of ketones is 1. The molecule has 4 nitrogen and oxygen atoms in total. The fourth-order valence-electron chi connectivity index (χ4n) is 3.60. The number of hydrogen-bond donors (Lipinski definition) is 1. The highest BCUT2D eigenvalue weighted by Gasteiger charge is 2.18. The van der Waals surface area contributed by atoms with Gasteiger partial charge in [0.1, 0.15) is 11.4 Å². The molecule has 172 valence electrons. The van der Waals surface area contributed by atoms with Gasteiger partial charge in [-0.15, -0.1) is 0 Å². The van der Waals surface area contributed by atoms with Gasteiger partial charge in [0.05, 0.1) is 11.1 Å². The van der Waals surface area contributed by atoms with Crippen molar-refractivity contribution < 1.29 is 19.4 Å². The van der Waals surface area contributed by atoms with Gasteiger partial charge in [-0.1, -0.05) is 54.9 Å². The minimum Gasteiger partial charge on any atom is -0.507 e. The van der Waals surface area contributed by atoms with Crippen LogP contribution in [0, 0.1) is 5.92 Å². The third-order valence-electron chi connectivity index (χ3n) is 5.18. The van der Waals surface area contributed by atoms with E-state index in [1.54, 1.807) is 18.2 Å². The molecule has 1 atom stereocenters. The minimum absolute atomic E-state index is 0.0429. The van der Waals surface area contributed by atoms with Gasteiger partial charge in [0, 0.05) is 11.4 Å². The zero-order chi connectivity index (χ0) is 24.2. The molecule has 0 aromatic heterocycles. The average Bonchev–Trinajstić information content (AvgIpc) is 2.75. The molecule has 0 aliphatic heterocycles. The molecule has 0 saturated carbocycles. The second-order valence-corrected chi connectivity index (χ2v) is 9.81. The normalized spacial score (nSPS) is 12.3. The van der Waals surface area contributed by atoms with Crippen LogP contribution in [0.15, 0.2) is 66.7 Å². The Balaban J connectivity index is 1.61. The van der Waals surface area contributed by atoms with Gasteiger partial charge >= 0.3 is 5.97 Å². The van der Waals surface area contributed by atoms with Crippen molar-refractivity contribution in [3.63, 3.8) is 0 Å². The van der Waals surface area contributed by atoms with E-state index in [1.807, 2.05) is 52.0 Å². The first-order valence-corrected chi connectivity index (χ1v) is 11.3. The van der Waals surface area contributed by atoms with E-state index in [0.29, 0.717) is 17.0 Å². The van der Waals surface area contributed by atoms with Gasteiger partial charge < -0.3 is 9.84 Å². The third-order valence-corrected chi connectivity index (χ3v) is 5.42. The lowest BCUT2D eigenvalue weighted by molar-refractivity contribution is 0.00694. The standard InChI is InChI=1S/C28H29ClO4/c1-18(16-26(31)24-17-23(29)13-14-25(24)30)15-19-5-7-20(8-6-19)21-9-11-22(12-10-21)27(32)33-28(2,3)4/h5-14,17-18,30H,15-16H2,1-4H3. The Kier molecular flexibility index (Phi) is 7.60. The van der Waals surface area contributed by atoms with E-state index in [0.717, 1.165) is 23.1 Å². The molecule has 1 N–H and O–H groups in total. The van der Waals surface area contributed by atoms with Gasteiger partial charge in [0.2, 0.25) is 0 Å². The summed E-state index contributed by atoms with van der Waals surface area (Å²) in [5, 5.41) is 10.4. The largest absolute Gasteiger partial charge is 0.507 e. The molecule has 0 fully saturated rings. The van der Waals surface area contributed by atoms with Crippen LogP contribution in [0.25, 0.3) is 11.1 Å². The van der Waals surface area contributed by atoms with Gasteiger partial charge in [-0.3, -0.25) is 4.79 Å². The van der Waals surface area contributed by atoms with E-state index in [-0.39, 0.29) is 29.0 Å². The Labute approximate surface area is 200 Å². The number of halogens is 1. The first-order valence-electron chi connectivity index (χ1n) is 11.0. The Morgan fingerprint density at radius 2 is 1.52 bits per heavy atom. The van der Waals surface area contributed by atoms with E-state index in [2.05, 4.69) is 12.1 Å². The molecule has 0 aliphatic rings. The van der Waals surface area contributed by atoms with Crippen LogP contribution < -0.4 is 0 Å². The molecule has 3 aromatic carbocycles. The number of carbonyl (C=O) groups is 2. The van der Waals surface area contributed by atoms with Gasteiger partial charge in [0.15, 0.2) is 5.78 Å². The lowest BCUT2D eigenvalue weighted by Gasteiger charge is -2.19. The van der Waals surface area contributed by atoms with Crippen LogP contribution in [0.3, 0.4) is 0 Å². The van der Waals surface area contributed by atoms with Crippen LogP contribution in [0.1, 0.15) is 60.4 Å². The molecule has 0 bridgehead atoms. The number of benzene rings is 3. The van der Waals surface area contributed by atoms with Gasteiger partial charge in [-0.25, -0.2) is 4.79 Å². The number of aromatic hydroxyl groups is 1. The van der Waals surface area contributed by atoms with E-state index in [1.165, 1.54) is 12.1 Å². The summed E-state index contributed by atoms with van der Waals surface area (Å²) in [4.78, 5) is 24.7. The highest BCUT2D eigenvalue weighted by molar-refractivity contribution is 6.31. The molecule has 3 rings (SSSR count). The molecule has 0 amide bonds. The lowest BCUT2D eigenvalue weighted by atomic mass is 9.92. The van der Waals surface area contributed by atoms with Gasteiger partial charge in [-0.2, -0.15) is 0 Å². The summed E-state index contributed by atoms with van der Waals surface area (Å²) in [6.45, 7) is 7.55.